The van der Waals surface area contributed by atoms with Gasteiger partial charge in [0.2, 0.25) is 0 Å². The van der Waals surface area contributed by atoms with Crippen molar-refractivity contribution >= 4 is 0 Å². The van der Waals surface area contributed by atoms with Crippen LogP contribution < -0.4 is 5.32 Å². The molecule has 1 unspecified atom stereocenters. The molecule has 0 amide bonds. The van der Waals surface area contributed by atoms with Crippen molar-refractivity contribution in [3.05, 3.63) is 11.6 Å². The summed E-state index contributed by atoms with van der Waals surface area (Å²) in [5, 5.41) is 22.7. The predicted molar refractivity (Wildman–Crippen MR) is 62.6 cm³/mol. The second-order valence-corrected chi connectivity index (χ2v) is 5.96. The van der Waals surface area contributed by atoms with E-state index in [-0.39, 0.29) is 10.8 Å². The normalized spacial score (nSPS) is 41.8. The summed E-state index contributed by atoms with van der Waals surface area (Å²) in [6.45, 7) is 8.26. The van der Waals surface area contributed by atoms with Crippen molar-refractivity contribution in [2.75, 3.05) is 13.1 Å². The fourth-order valence-electron chi connectivity index (χ4n) is 3.55. The molecule has 0 aromatic rings. The van der Waals surface area contributed by atoms with E-state index >= 15 is 0 Å². The Hall–Kier alpha value is -0.850. The van der Waals surface area contributed by atoms with Gasteiger partial charge in [0.15, 0.2) is 0 Å². The van der Waals surface area contributed by atoms with Gasteiger partial charge in [-0.1, -0.05) is 26.8 Å². The van der Waals surface area contributed by atoms with Crippen LogP contribution in [0.1, 0.15) is 27.2 Å². The molecule has 88 valence electrons. The fraction of sp³-hybridized carbons (Fsp3) is 0.769. The lowest BCUT2D eigenvalue weighted by molar-refractivity contribution is -0.0379. The summed E-state index contributed by atoms with van der Waals surface area (Å²) in [5.41, 5.74) is 0.329. The second kappa shape index (κ2) is 3.58. The van der Waals surface area contributed by atoms with E-state index in [4.69, 9.17) is 5.26 Å². The minimum atomic E-state index is -0.617. The molecule has 2 aliphatic rings. The molecule has 0 spiro atoms. The van der Waals surface area contributed by atoms with E-state index in [2.05, 4.69) is 32.2 Å². The largest absolute Gasteiger partial charge is 0.387 e. The topological polar surface area (TPSA) is 56.0 Å². The van der Waals surface area contributed by atoms with Crippen LogP contribution in [0, 0.1) is 28.1 Å². The minimum absolute atomic E-state index is 0.00600. The van der Waals surface area contributed by atoms with Crippen LogP contribution in [0.15, 0.2) is 11.6 Å². The maximum atomic E-state index is 10.2. The minimum Gasteiger partial charge on any atom is -0.387 e. The zero-order valence-corrected chi connectivity index (χ0v) is 10.2. The van der Waals surface area contributed by atoms with Crippen molar-refractivity contribution in [1.82, 2.24) is 5.32 Å². The molecule has 2 N–H and O–H groups in total. The van der Waals surface area contributed by atoms with Crippen LogP contribution in [0.25, 0.3) is 0 Å². The molecule has 0 saturated carbocycles. The highest BCUT2D eigenvalue weighted by Gasteiger charge is 2.51. The van der Waals surface area contributed by atoms with E-state index in [1.165, 1.54) is 0 Å². The predicted octanol–water partition coefficient (Wildman–Crippen LogP) is 1.45. The number of nitrogens with zero attached hydrogens (tertiary/aromatic N) is 1. The Kier molecular flexibility index (Phi) is 2.60. The maximum absolute atomic E-state index is 10.2. The third-order valence-electron chi connectivity index (χ3n) is 4.42. The number of hydrogen-bond acceptors (Lipinski definition) is 3. The van der Waals surface area contributed by atoms with Crippen LogP contribution in [-0.2, 0) is 0 Å². The SMILES string of the molecule is CC1(C)C(O)C(C#N)=C[C@@]2(C)CNCC[C@H]12. The molecule has 3 atom stereocenters. The van der Waals surface area contributed by atoms with Gasteiger partial charge >= 0.3 is 0 Å². The number of nitrogens with one attached hydrogen (secondary N) is 1. The van der Waals surface area contributed by atoms with Crippen molar-refractivity contribution in [2.24, 2.45) is 16.7 Å². The lowest BCUT2D eigenvalue weighted by Crippen LogP contribution is -2.55. The Balaban J connectivity index is 2.48. The Bertz CT molecular complexity index is 367. The molecule has 16 heavy (non-hydrogen) atoms. The van der Waals surface area contributed by atoms with Crippen LogP contribution >= 0.6 is 0 Å². The van der Waals surface area contributed by atoms with Crippen molar-refractivity contribution in [3.63, 3.8) is 0 Å². The van der Waals surface area contributed by atoms with Gasteiger partial charge in [-0.25, -0.2) is 0 Å². The van der Waals surface area contributed by atoms with Crippen molar-refractivity contribution in [1.29, 1.82) is 5.26 Å². The lowest BCUT2D eigenvalue weighted by Gasteiger charge is -2.53. The zero-order chi connectivity index (χ0) is 12.0. The highest BCUT2D eigenvalue weighted by Crippen LogP contribution is 2.52. The molecule has 0 bridgehead atoms. The summed E-state index contributed by atoms with van der Waals surface area (Å²) in [5.74, 6) is 0.438. The van der Waals surface area contributed by atoms with E-state index in [0.29, 0.717) is 11.5 Å². The number of aliphatic hydroxyl groups is 1. The first-order valence-corrected chi connectivity index (χ1v) is 5.93. The first-order valence-electron chi connectivity index (χ1n) is 5.93. The van der Waals surface area contributed by atoms with E-state index < -0.39 is 6.10 Å². The molecule has 3 nitrogen and oxygen atoms in total. The number of piperidine rings is 1. The van der Waals surface area contributed by atoms with Crippen molar-refractivity contribution in [2.45, 2.75) is 33.3 Å². The summed E-state index contributed by atoms with van der Waals surface area (Å²) in [6, 6.07) is 2.15. The number of aliphatic hydroxyl groups excluding tert-OH is 1. The van der Waals surface area contributed by atoms with Crippen LogP contribution in [0.5, 0.6) is 0 Å². The standard InChI is InChI=1S/C13H20N2O/c1-12(2)10-4-5-15-8-13(10,3)6-9(7-14)11(12)16/h6,10-11,15-16H,4-5,8H2,1-3H3/t10-,11?,13+/m1/s1. The van der Waals surface area contributed by atoms with Crippen LogP contribution in [0.3, 0.4) is 0 Å². The third kappa shape index (κ3) is 1.49. The van der Waals surface area contributed by atoms with Crippen molar-refractivity contribution < 1.29 is 5.11 Å². The summed E-state index contributed by atoms with van der Waals surface area (Å²) < 4.78 is 0. The average Bonchev–Trinajstić information content (AvgIpc) is 2.24. The Morgan fingerprint density at radius 3 is 2.81 bits per heavy atom. The second-order valence-electron chi connectivity index (χ2n) is 5.96. The van der Waals surface area contributed by atoms with Gasteiger partial charge < -0.3 is 10.4 Å². The molecule has 0 radical (unpaired) electrons. The molecule has 1 fully saturated rings. The van der Waals surface area contributed by atoms with Gasteiger partial charge in [-0.15, -0.1) is 0 Å². The molecule has 1 heterocycles. The average molecular weight is 220 g/mol. The first-order chi connectivity index (χ1) is 7.42. The number of hydrogen-bond donors (Lipinski definition) is 2. The molecule has 1 saturated heterocycles. The molecule has 3 heteroatoms. The number of nitriles is 1. The van der Waals surface area contributed by atoms with Gasteiger partial charge in [-0.2, -0.15) is 5.26 Å². The molecule has 1 aliphatic carbocycles. The van der Waals surface area contributed by atoms with Crippen LogP contribution in [-0.4, -0.2) is 24.3 Å². The monoisotopic (exact) mass is 220 g/mol. The van der Waals surface area contributed by atoms with E-state index in [0.717, 1.165) is 19.5 Å². The zero-order valence-electron chi connectivity index (χ0n) is 10.2. The quantitative estimate of drug-likeness (QED) is 0.649. The van der Waals surface area contributed by atoms with Gasteiger partial charge in [-0.3, -0.25) is 0 Å². The Morgan fingerprint density at radius 1 is 1.50 bits per heavy atom. The Morgan fingerprint density at radius 2 is 2.19 bits per heavy atom. The lowest BCUT2D eigenvalue weighted by atomic mass is 9.54. The van der Waals surface area contributed by atoms with Gasteiger partial charge in [-0.05, 0) is 24.3 Å². The number of fused-ring (bicyclic) bond motifs is 1. The third-order valence-corrected chi connectivity index (χ3v) is 4.42. The Labute approximate surface area is 97.2 Å². The van der Waals surface area contributed by atoms with Crippen molar-refractivity contribution in [3.8, 4) is 6.07 Å². The van der Waals surface area contributed by atoms with E-state index in [9.17, 15) is 5.11 Å². The van der Waals surface area contributed by atoms with Gasteiger partial charge in [0.1, 0.15) is 0 Å². The highest BCUT2D eigenvalue weighted by atomic mass is 16.3. The summed E-state index contributed by atoms with van der Waals surface area (Å²) in [6.07, 6.45) is 2.43. The molecule has 2 rings (SSSR count). The smallest absolute Gasteiger partial charge is 0.0971 e. The van der Waals surface area contributed by atoms with Crippen LogP contribution in [0.4, 0.5) is 0 Å². The number of rotatable bonds is 0. The molecule has 0 aromatic carbocycles. The van der Waals surface area contributed by atoms with Crippen LogP contribution in [0.2, 0.25) is 0 Å². The summed E-state index contributed by atoms with van der Waals surface area (Å²) >= 11 is 0. The molecular weight excluding hydrogens is 200 g/mol. The molecule has 0 aromatic heterocycles. The summed E-state index contributed by atoms with van der Waals surface area (Å²) in [4.78, 5) is 0. The van der Waals surface area contributed by atoms with Gasteiger partial charge in [0.05, 0.1) is 17.7 Å². The van der Waals surface area contributed by atoms with E-state index in [1.807, 2.05) is 6.08 Å². The first kappa shape index (κ1) is 11.6. The van der Waals surface area contributed by atoms with E-state index in [1.54, 1.807) is 0 Å². The summed E-state index contributed by atoms with van der Waals surface area (Å²) in [7, 11) is 0. The highest BCUT2D eigenvalue weighted by molar-refractivity contribution is 5.34. The maximum Gasteiger partial charge on any atom is 0.0971 e. The molecule has 1 aliphatic heterocycles. The van der Waals surface area contributed by atoms with Gasteiger partial charge in [0.25, 0.3) is 0 Å². The fourth-order valence-corrected chi connectivity index (χ4v) is 3.55. The van der Waals surface area contributed by atoms with Gasteiger partial charge in [0, 0.05) is 12.0 Å². The molecular formula is C13H20N2O.